The molecule has 0 radical (unpaired) electrons. The Labute approximate surface area is 225 Å². The van der Waals surface area contributed by atoms with Gasteiger partial charge in [0, 0.05) is 38.4 Å². The molecule has 5 rings (SSSR count). The maximum absolute atomic E-state index is 13.6. The summed E-state index contributed by atoms with van der Waals surface area (Å²) in [6.07, 6.45) is -2.19. The summed E-state index contributed by atoms with van der Waals surface area (Å²) < 4.78 is 43.0. The van der Waals surface area contributed by atoms with Gasteiger partial charge in [-0.3, -0.25) is 9.47 Å². The predicted molar refractivity (Wildman–Crippen MR) is 149 cm³/mol. The highest BCUT2D eigenvalue weighted by Crippen LogP contribution is 2.38. The van der Waals surface area contributed by atoms with Crippen molar-refractivity contribution in [3.05, 3.63) is 88.6 Å². The first kappa shape index (κ1) is 26.5. The number of benzene rings is 2. The predicted octanol–water partition coefficient (Wildman–Crippen LogP) is 6.13. The van der Waals surface area contributed by atoms with Crippen LogP contribution in [-0.2, 0) is 19.1 Å². The number of aromatic nitrogens is 2. The third-order valence-electron chi connectivity index (χ3n) is 7.26. The highest BCUT2D eigenvalue weighted by Gasteiger charge is 2.34. The number of nitrogens with two attached hydrogens (primary N) is 1. The van der Waals surface area contributed by atoms with Gasteiger partial charge in [0.25, 0.3) is 0 Å². The highest BCUT2D eigenvalue weighted by atomic mass is 32.1. The van der Waals surface area contributed by atoms with Gasteiger partial charge >= 0.3 is 6.18 Å². The van der Waals surface area contributed by atoms with E-state index in [4.69, 9.17) is 5.73 Å². The van der Waals surface area contributed by atoms with Crippen molar-refractivity contribution in [2.24, 2.45) is 5.73 Å². The van der Waals surface area contributed by atoms with E-state index >= 15 is 0 Å². The molecular weight excluding hydrogens is 507 g/mol. The zero-order valence-electron chi connectivity index (χ0n) is 21.6. The van der Waals surface area contributed by atoms with Crippen molar-refractivity contribution in [3.8, 4) is 5.00 Å². The minimum absolute atomic E-state index is 0.281. The summed E-state index contributed by atoms with van der Waals surface area (Å²) >= 11 is 1.49. The molecule has 1 fully saturated rings. The van der Waals surface area contributed by atoms with Crippen LogP contribution in [0.15, 0.2) is 61.4 Å². The summed E-state index contributed by atoms with van der Waals surface area (Å²) in [6.45, 7) is 10.9. The first-order chi connectivity index (χ1) is 18.1. The SMILES string of the molecule is C=C(N)c1sc(-n2cnc3ccc(CN4CCN(C)CC4)cc32)cc1C[C@H](C)c1ccccc1C(F)(F)F. The normalized spacial score (nSPS) is 16.2. The summed E-state index contributed by atoms with van der Waals surface area (Å²) in [5.41, 5.74) is 10.2. The zero-order chi connectivity index (χ0) is 27.0. The number of alkyl halides is 3. The maximum Gasteiger partial charge on any atom is 0.416 e. The van der Waals surface area contributed by atoms with Crippen molar-refractivity contribution in [1.82, 2.24) is 19.4 Å². The Bertz CT molecular complexity index is 1450. The monoisotopic (exact) mass is 539 g/mol. The molecule has 1 saturated heterocycles. The fourth-order valence-corrected chi connectivity index (χ4v) is 6.23. The van der Waals surface area contributed by atoms with Crippen LogP contribution in [0.3, 0.4) is 0 Å². The first-order valence-corrected chi connectivity index (χ1v) is 13.5. The molecule has 1 aliphatic heterocycles. The van der Waals surface area contributed by atoms with Crippen LogP contribution in [0.4, 0.5) is 13.2 Å². The molecule has 0 saturated carbocycles. The molecule has 1 aliphatic rings. The summed E-state index contributed by atoms with van der Waals surface area (Å²) in [7, 11) is 2.15. The number of hydrogen-bond acceptors (Lipinski definition) is 5. The van der Waals surface area contributed by atoms with Crippen LogP contribution in [0, 0.1) is 0 Å². The molecule has 0 unspecified atom stereocenters. The molecule has 2 aromatic heterocycles. The molecule has 0 spiro atoms. The lowest BCUT2D eigenvalue weighted by Gasteiger charge is -2.32. The third-order valence-corrected chi connectivity index (χ3v) is 8.51. The first-order valence-electron chi connectivity index (χ1n) is 12.7. The number of nitrogens with zero attached hydrogens (tertiary/aromatic N) is 4. The van der Waals surface area contributed by atoms with E-state index in [-0.39, 0.29) is 11.5 Å². The van der Waals surface area contributed by atoms with Crippen molar-refractivity contribution in [2.45, 2.75) is 32.0 Å². The molecule has 0 amide bonds. The van der Waals surface area contributed by atoms with Crippen LogP contribution in [0.2, 0.25) is 0 Å². The highest BCUT2D eigenvalue weighted by molar-refractivity contribution is 7.15. The molecule has 38 heavy (non-hydrogen) atoms. The number of halogens is 3. The lowest BCUT2D eigenvalue weighted by molar-refractivity contribution is -0.138. The molecule has 5 nitrogen and oxygen atoms in total. The topological polar surface area (TPSA) is 50.3 Å². The van der Waals surface area contributed by atoms with E-state index in [9.17, 15) is 13.2 Å². The molecule has 0 aliphatic carbocycles. The average molecular weight is 540 g/mol. The molecule has 0 bridgehead atoms. The van der Waals surface area contributed by atoms with E-state index in [1.165, 1.54) is 23.0 Å². The minimum Gasteiger partial charge on any atom is -0.398 e. The Morgan fingerprint density at radius 2 is 1.84 bits per heavy atom. The quantitative estimate of drug-likeness (QED) is 0.307. The number of rotatable bonds is 7. The van der Waals surface area contributed by atoms with Gasteiger partial charge in [0.15, 0.2) is 0 Å². The van der Waals surface area contributed by atoms with Gasteiger partial charge in [0.1, 0.15) is 11.3 Å². The van der Waals surface area contributed by atoms with Crippen LogP contribution in [0.1, 0.15) is 40.0 Å². The molecule has 2 N–H and O–H groups in total. The second-order valence-corrected chi connectivity index (χ2v) is 11.2. The van der Waals surface area contributed by atoms with E-state index in [1.807, 2.05) is 23.6 Å². The molecule has 2 aromatic carbocycles. The Morgan fingerprint density at radius 1 is 1.11 bits per heavy atom. The van der Waals surface area contributed by atoms with E-state index in [2.05, 4.69) is 40.5 Å². The zero-order valence-corrected chi connectivity index (χ0v) is 22.4. The molecular formula is C29H32F3N5S. The van der Waals surface area contributed by atoms with Gasteiger partial charge in [-0.1, -0.05) is 37.8 Å². The van der Waals surface area contributed by atoms with Gasteiger partial charge in [0.05, 0.1) is 21.5 Å². The van der Waals surface area contributed by atoms with Crippen LogP contribution in [0.5, 0.6) is 0 Å². The summed E-state index contributed by atoms with van der Waals surface area (Å²) in [5.74, 6) is -0.358. The van der Waals surface area contributed by atoms with Gasteiger partial charge in [-0.25, -0.2) is 4.98 Å². The molecule has 200 valence electrons. The second-order valence-electron chi connectivity index (χ2n) is 10.2. The van der Waals surface area contributed by atoms with Crippen LogP contribution in [0.25, 0.3) is 21.7 Å². The van der Waals surface area contributed by atoms with Crippen LogP contribution in [-0.4, -0.2) is 52.6 Å². The van der Waals surface area contributed by atoms with Crippen LogP contribution >= 0.6 is 11.3 Å². The van der Waals surface area contributed by atoms with Gasteiger partial charge < -0.3 is 10.6 Å². The summed E-state index contributed by atoms with van der Waals surface area (Å²) in [4.78, 5) is 10.2. The van der Waals surface area contributed by atoms with Gasteiger partial charge in [-0.15, -0.1) is 11.3 Å². The number of fused-ring (bicyclic) bond motifs is 1. The Kier molecular flexibility index (Phi) is 7.35. The van der Waals surface area contributed by atoms with Gasteiger partial charge in [0.2, 0.25) is 0 Å². The molecule has 3 heterocycles. The number of piperazine rings is 1. The van der Waals surface area contributed by atoms with Crippen LogP contribution < -0.4 is 5.73 Å². The Morgan fingerprint density at radius 3 is 2.55 bits per heavy atom. The van der Waals surface area contributed by atoms with Gasteiger partial charge in [-0.2, -0.15) is 13.2 Å². The van der Waals surface area contributed by atoms with Crippen molar-refractivity contribution in [2.75, 3.05) is 33.2 Å². The number of likely N-dealkylation sites (N-methyl/N-ethyl adjacent to an activating group) is 1. The molecule has 4 aromatic rings. The number of hydrogen-bond donors (Lipinski definition) is 1. The lowest BCUT2D eigenvalue weighted by Crippen LogP contribution is -2.43. The fourth-order valence-electron chi connectivity index (χ4n) is 5.17. The number of imidazole rings is 1. The average Bonchev–Trinajstić information content (AvgIpc) is 3.49. The standard InChI is InChI=1S/C29H32F3N5S/c1-19(23-6-4-5-7-24(23)29(30,31)32)14-22-16-27(38-28(22)20(2)33)37-18-34-25-9-8-21(15-26(25)37)17-36-12-10-35(3)11-13-36/h4-9,15-16,18-19H,2,10-14,17,33H2,1,3H3/t19-/m0/s1. The second kappa shape index (κ2) is 10.6. The van der Waals surface area contributed by atoms with E-state index in [1.54, 1.807) is 18.5 Å². The van der Waals surface area contributed by atoms with Crippen molar-refractivity contribution < 1.29 is 13.2 Å². The summed E-state index contributed by atoms with van der Waals surface area (Å²) in [6, 6.07) is 14.2. The largest absolute Gasteiger partial charge is 0.416 e. The minimum atomic E-state index is -4.40. The third kappa shape index (κ3) is 5.50. The fraction of sp³-hybridized carbons (Fsp3) is 0.345. The van der Waals surface area contributed by atoms with Crippen molar-refractivity contribution in [1.29, 1.82) is 0 Å². The molecule has 1 atom stereocenters. The van der Waals surface area contributed by atoms with E-state index < -0.39 is 11.7 Å². The van der Waals surface area contributed by atoms with Crippen molar-refractivity contribution >= 4 is 28.1 Å². The lowest BCUT2D eigenvalue weighted by atomic mass is 9.90. The van der Waals surface area contributed by atoms with E-state index in [0.717, 1.165) is 65.3 Å². The maximum atomic E-state index is 13.6. The van der Waals surface area contributed by atoms with Gasteiger partial charge in [-0.05, 0) is 60.3 Å². The molecule has 9 heteroatoms. The Balaban J connectivity index is 1.44. The van der Waals surface area contributed by atoms with Crippen molar-refractivity contribution in [3.63, 3.8) is 0 Å². The smallest absolute Gasteiger partial charge is 0.398 e. The summed E-state index contributed by atoms with van der Waals surface area (Å²) in [5, 5.41) is 0.914. The Hall–Kier alpha value is -3.14. The number of thiophene rings is 1. The van der Waals surface area contributed by atoms with E-state index in [0.29, 0.717) is 12.1 Å².